The second-order valence-corrected chi connectivity index (χ2v) is 5.09. The van der Waals surface area contributed by atoms with Crippen molar-refractivity contribution < 1.29 is 9.53 Å². The Morgan fingerprint density at radius 2 is 2.05 bits per heavy atom. The molecule has 1 aliphatic rings. The number of methoxy groups -OCH3 is 1. The minimum absolute atomic E-state index is 0.343. The number of piperidine rings is 1. The van der Waals surface area contributed by atoms with Crippen molar-refractivity contribution in [3.05, 3.63) is 29.7 Å². The Hall–Kier alpha value is -1.95. The van der Waals surface area contributed by atoms with E-state index in [9.17, 15) is 4.79 Å². The van der Waals surface area contributed by atoms with Gasteiger partial charge in [0, 0.05) is 6.20 Å². The second kappa shape index (κ2) is 5.58. The van der Waals surface area contributed by atoms with E-state index in [1.807, 2.05) is 4.40 Å². The molecule has 0 N–H and O–H groups in total. The first-order valence-electron chi connectivity index (χ1n) is 6.92. The Balaban J connectivity index is 1.88. The van der Waals surface area contributed by atoms with Crippen LogP contribution < -0.4 is 0 Å². The predicted molar refractivity (Wildman–Crippen MR) is 73.5 cm³/mol. The molecule has 0 atom stereocenters. The smallest absolute Gasteiger partial charge is 0.339 e. The van der Waals surface area contributed by atoms with Crippen molar-refractivity contribution in [3.63, 3.8) is 0 Å². The Morgan fingerprint density at radius 3 is 2.80 bits per heavy atom. The van der Waals surface area contributed by atoms with Crippen molar-refractivity contribution >= 4 is 11.6 Å². The minimum atomic E-state index is -0.343. The highest BCUT2D eigenvalue weighted by molar-refractivity contribution is 5.89. The van der Waals surface area contributed by atoms with E-state index in [-0.39, 0.29) is 5.97 Å². The molecule has 1 aliphatic heterocycles. The number of carbonyl (C=O) groups excluding carboxylic acids is 1. The van der Waals surface area contributed by atoms with Gasteiger partial charge in [0.15, 0.2) is 11.5 Å². The summed E-state index contributed by atoms with van der Waals surface area (Å²) in [6.45, 7) is 2.98. The van der Waals surface area contributed by atoms with E-state index in [0.717, 1.165) is 31.1 Å². The summed E-state index contributed by atoms with van der Waals surface area (Å²) < 4.78 is 6.62. The molecule has 20 heavy (non-hydrogen) atoms. The molecular weight excluding hydrogens is 256 g/mol. The summed E-state index contributed by atoms with van der Waals surface area (Å²) in [6.07, 6.45) is 5.54. The van der Waals surface area contributed by atoms with Crippen molar-refractivity contribution in [2.45, 2.75) is 25.8 Å². The molecule has 0 aliphatic carbocycles. The molecule has 1 saturated heterocycles. The Kier molecular flexibility index (Phi) is 3.64. The summed E-state index contributed by atoms with van der Waals surface area (Å²) in [5.74, 6) is 0.525. The molecule has 0 bridgehead atoms. The third-order valence-corrected chi connectivity index (χ3v) is 3.71. The zero-order valence-corrected chi connectivity index (χ0v) is 11.6. The maximum Gasteiger partial charge on any atom is 0.339 e. The number of fused-ring (bicyclic) bond motifs is 1. The van der Waals surface area contributed by atoms with Gasteiger partial charge in [0.1, 0.15) is 0 Å². The molecule has 0 spiro atoms. The van der Waals surface area contributed by atoms with Gasteiger partial charge in [0.2, 0.25) is 0 Å². The van der Waals surface area contributed by atoms with Crippen LogP contribution in [-0.2, 0) is 11.3 Å². The summed E-state index contributed by atoms with van der Waals surface area (Å²) in [5, 5.41) is 8.38. The molecule has 0 aromatic carbocycles. The quantitative estimate of drug-likeness (QED) is 0.794. The number of ether oxygens (including phenoxy) is 1. The standard InChI is InChI=1S/C14H18N4O2/c1-20-14(19)11-5-6-12-15-16-13(18(12)9-11)10-17-7-3-2-4-8-17/h5-6,9H,2-4,7-8,10H2,1H3. The fourth-order valence-corrected chi connectivity index (χ4v) is 2.60. The zero-order chi connectivity index (χ0) is 13.9. The van der Waals surface area contributed by atoms with E-state index in [0.29, 0.717) is 5.56 Å². The van der Waals surface area contributed by atoms with Crippen LogP contribution >= 0.6 is 0 Å². The third kappa shape index (κ3) is 2.51. The summed E-state index contributed by atoms with van der Waals surface area (Å²) in [6, 6.07) is 3.50. The average molecular weight is 274 g/mol. The van der Waals surface area contributed by atoms with Crippen LogP contribution in [0.15, 0.2) is 18.3 Å². The Labute approximate surface area is 117 Å². The lowest BCUT2D eigenvalue weighted by atomic mass is 10.1. The highest BCUT2D eigenvalue weighted by Gasteiger charge is 2.15. The van der Waals surface area contributed by atoms with Gasteiger partial charge in [-0.15, -0.1) is 10.2 Å². The van der Waals surface area contributed by atoms with Gasteiger partial charge >= 0.3 is 5.97 Å². The average Bonchev–Trinajstić information content (AvgIpc) is 2.90. The fraction of sp³-hybridized carbons (Fsp3) is 0.500. The summed E-state index contributed by atoms with van der Waals surface area (Å²) in [5.41, 5.74) is 1.27. The van der Waals surface area contributed by atoms with Crippen molar-refractivity contribution in [1.82, 2.24) is 19.5 Å². The lowest BCUT2D eigenvalue weighted by Gasteiger charge is -2.25. The first-order valence-corrected chi connectivity index (χ1v) is 6.92. The van der Waals surface area contributed by atoms with Gasteiger partial charge in [-0.25, -0.2) is 4.79 Å². The number of pyridine rings is 1. The topological polar surface area (TPSA) is 59.7 Å². The monoisotopic (exact) mass is 274 g/mol. The SMILES string of the molecule is COC(=O)c1ccc2nnc(CN3CCCCC3)n2c1. The normalized spacial score (nSPS) is 16.4. The van der Waals surface area contributed by atoms with Crippen molar-refractivity contribution in [1.29, 1.82) is 0 Å². The zero-order valence-electron chi connectivity index (χ0n) is 11.6. The maximum atomic E-state index is 11.6. The molecule has 0 amide bonds. The van der Waals surface area contributed by atoms with Crippen LogP contribution in [0.4, 0.5) is 0 Å². The summed E-state index contributed by atoms with van der Waals surface area (Å²) >= 11 is 0. The molecule has 106 valence electrons. The number of carbonyl (C=O) groups is 1. The first kappa shape index (κ1) is 13.1. The summed E-state index contributed by atoms with van der Waals surface area (Å²) in [7, 11) is 1.38. The van der Waals surface area contributed by atoms with Crippen LogP contribution in [0.2, 0.25) is 0 Å². The van der Waals surface area contributed by atoms with Crippen molar-refractivity contribution in [3.8, 4) is 0 Å². The molecular formula is C14H18N4O2. The van der Waals surface area contributed by atoms with Gasteiger partial charge in [-0.1, -0.05) is 6.42 Å². The molecule has 3 rings (SSSR count). The highest BCUT2D eigenvalue weighted by atomic mass is 16.5. The molecule has 6 heteroatoms. The molecule has 0 saturated carbocycles. The van der Waals surface area contributed by atoms with Crippen LogP contribution in [0.1, 0.15) is 35.4 Å². The number of hydrogen-bond acceptors (Lipinski definition) is 5. The van der Waals surface area contributed by atoms with Crippen LogP contribution in [0.3, 0.4) is 0 Å². The van der Waals surface area contributed by atoms with E-state index < -0.39 is 0 Å². The van der Waals surface area contributed by atoms with Gasteiger partial charge in [0.25, 0.3) is 0 Å². The van der Waals surface area contributed by atoms with Gasteiger partial charge in [-0.2, -0.15) is 0 Å². The number of aromatic nitrogens is 3. The maximum absolute atomic E-state index is 11.6. The minimum Gasteiger partial charge on any atom is -0.465 e. The van der Waals surface area contributed by atoms with Crippen molar-refractivity contribution in [2.24, 2.45) is 0 Å². The Bertz CT molecular complexity index is 617. The van der Waals surface area contributed by atoms with Crippen LogP contribution in [-0.4, -0.2) is 45.7 Å². The fourth-order valence-electron chi connectivity index (χ4n) is 2.60. The highest BCUT2D eigenvalue weighted by Crippen LogP contribution is 2.14. The molecule has 0 unspecified atom stereocenters. The second-order valence-electron chi connectivity index (χ2n) is 5.09. The predicted octanol–water partition coefficient (Wildman–Crippen LogP) is 1.50. The van der Waals surface area contributed by atoms with E-state index >= 15 is 0 Å². The number of esters is 1. The number of nitrogens with zero attached hydrogens (tertiary/aromatic N) is 4. The number of likely N-dealkylation sites (tertiary alicyclic amines) is 1. The molecule has 1 fully saturated rings. The van der Waals surface area contributed by atoms with Gasteiger partial charge in [-0.3, -0.25) is 9.30 Å². The van der Waals surface area contributed by atoms with E-state index in [1.165, 1.54) is 26.4 Å². The van der Waals surface area contributed by atoms with E-state index in [4.69, 9.17) is 4.74 Å². The Morgan fingerprint density at radius 1 is 1.25 bits per heavy atom. The van der Waals surface area contributed by atoms with Crippen LogP contribution in [0.5, 0.6) is 0 Å². The lowest BCUT2D eigenvalue weighted by Crippen LogP contribution is -2.29. The van der Waals surface area contributed by atoms with Crippen molar-refractivity contribution in [2.75, 3.05) is 20.2 Å². The van der Waals surface area contributed by atoms with Crippen LogP contribution in [0, 0.1) is 0 Å². The molecule has 0 radical (unpaired) electrons. The van der Waals surface area contributed by atoms with Crippen LogP contribution in [0.25, 0.3) is 5.65 Å². The molecule has 2 aromatic heterocycles. The first-order chi connectivity index (χ1) is 9.78. The molecule has 2 aromatic rings. The third-order valence-electron chi connectivity index (χ3n) is 3.71. The van der Waals surface area contributed by atoms with Gasteiger partial charge in [-0.05, 0) is 38.1 Å². The number of rotatable bonds is 3. The van der Waals surface area contributed by atoms with Gasteiger partial charge < -0.3 is 4.74 Å². The lowest BCUT2D eigenvalue weighted by molar-refractivity contribution is 0.0600. The summed E-state index contributed by atoms with van der Waals surface area (Å²) in [4.78, 5) is 14.0. The largest absolute Gasteiger partial charge is 0.465 e. The van der Waals surface area contributed by atoms with E-state index in [2.05, 4.69) is 15.1 Å². The van der Waals surface area contributed by atoms with E-state index in [1.54, 1.807) is 18.3 Å². The molecule has 3 heterocycles. The van der Waals surface area contributed by atoms with Gasteiger partial charge in [0.05, 0.1) is 19.2 Å². The number of hydrogen-bond donors (Lipinski definition) is 0. The molecule has 6 nitrogen and oxygen atoms in total.